The van der Waals surface area contributed by atoms with Gasteiger partial charge in [0.1, 0.15) is 5.82 Å². The Bertz CT molecular complexity index is 657. The number of nitrogens with zero attached hydrogens (tertiary/aromatic N) is 2. The second-order valence-corrected chi connectivity index (χ2v) is 5.56. The number of rotatable bonds is 5. The molecule has 0 saturated heterocycles. The molecule has 0 bridgehead atoms. The zero-order valence-electron chi connectivity index (χ0n) is 11.6. The SMILES string of the molecule is CCN(c1cccc(F)c1)c1sc([C@H](C)O)cc1[N+](=O)[O-]. The number of aliphatic hydroxyl groups excluding tert-OH is 1. The molecule has 0 aliphatic heterocycles. The highest BCUT2D eigenvalue weighted by Gasteiger charge is 2.25. The van der Waals surface area contributed by atoms with Crippen molar-refractivity contribution >= 4 is 27.7 Å². The first-order valence-electron chi connectivity index (χ1n) is 6.43. The zero-order valence-corrected chi connectivity index (χ0v) is 12.4. The number of hydrogen-bond acceptors (Lipinski definition) is 5. The molecular weight excluding hydrogens is 295 g/mol. The lowest BCUT2D eigenvalue weighted by Crippen LogP contribution is -2.15. The number of thiophene rings is 1. The standard InChI is InChI=1S/C14H15FN2O3S/c1-3-16(11-6-4-5-10(15)7-11)14-12(17(19)20)8-13(21-14)9(2)18/h4-9,18H,3H2,1-2H3/t9-/m0/s1. The van der Waals surface area contributed by atoms with Gasteiger partial charge in [0.25, 0.3) is 0 Å². The monoisotopic (exact) mass is 310 g/mol. The molecule has 1 N–H and O–H groups in total. The Morgan fingerprint density at radius 3 is 2.71 bits per heavy atom. The van der Waals surface area contributed by atoms with Crippen LogP contribution >= 0.6 is 11.3 Å². The van der Waals surface area contributed by atoms with Crippen molar-refractivity contribution < 1.29 is 14.4 Å². The molecule has 1 aromatic heterocycles. The molecule has 0 aliphatic rings. The summed E-state index contributed by atoms with van der Waals surface area (Å²) < 4.78 is 13.4. The smallest absolute Gasteiger partial charge is 0.304 e. The summed E-state index contributed by atoms with van der Waals surface area (Å²) in [5.74, 6) is -0.402. The number of anilines is 2. The predicted octanol–water partition coefficient (Wildman–Crippen LogP) is 4.01. The minimum atomic E-state index is -0.784. The number of benzene rings is 1. The van der Waals surface area contributed by atoms with Gasteiger partial charge in [-0.3, -0.25) is 10.1 Å². The minimum absolute atomic E-state index is 0.0815. The molecule has 2 rings (SSSR count). The zero-order chi connectivity index (χ0) is 15.6. The molecule has 7 heteroatoms. The van der Waals surface area contributed by atoms with Crippen LogP contribution in [0.25, 0.3) is 0 Å². The van der Waals surface area contributed by atoms with E-state index >= 15 is 0 Å². The third kappa shape index (κ3) is 3.20. The Labute approximate surface area is 125 Å². The van der Waals surface area contributed by atoms with E-state index in [4.69, 9.17) is 0 Å². The first-order chi connectivity index (χ1) is 9.93. The number of halogens is 1. The Morgan fingerprint density at radius 2 is 2.19 bits per heavy atom. The van der Waals surface area contributed by atoms with E-state index in [-0.39, 0.29) is 5.69 Å². The molecule has 1 heterocycles. The molecule has 1 atom stereocenters. The molecule has 112 valence electrons. The van der Waals surface area contributed by atoms with Crippen LogP contribution in [0.1, 0.15) is 24.8 Å². The van der Waals surface area contributed by atoms with Gasteiger partial charge in [-0.15, -0.1) is 11.3 Å². The van der Waals surface area contributed by atoms with Gasteiger partial charge in [0, 0.05) is 23.2 Å². The molecule has 0 aliphatic carbocycles. The van der Waals surface area contributed by atoms with Crippen LogP contribution in [-0.4, -0.2) is 16.6 Å². The lowest BCUT2D eigenvalue weighted by molar-refractivity contribution is -0.383. The lowest BCUT2D eigenvalue weighted by Gasteiger charge is -2.20. The third-order valence-corrected chi connectivity index (χ3v) is 4.32. The highest BCUT2D eigenvalue weighted by atomic mass is 32.1. The summed E-state index contributed by atoms with van der Waals surface area (Å²) in [6.07, 6.45) is -0.784. The minimum Gasteiger partial charge on any atom is -0.388 e. The maximum absolute atomic E-state index is 13.4. The van der Waals surface area contributed by atoms with E-state index < -0.39 is 16.8 Å². The summed E-state index contributed by atoms with van der Waals surface area (Å²) in [6, 6.07) is 7.27. The van der Waals surface area contributed by atoms with Gasteiger partial charge in [0.15, 0.2) is 5.00 Å². The predicted molar refractivity (Wildman–Crippen MR) is 80.7 cm³/mol. The second-order valence-electron chi connectivity index (χ2n) is 4.50. The molecule has 21 heavy (non-hydrogen) atoms. The third-order valence-electron chi connectivity index (χ3n) is 3.00. The fraction of sp³-hybridized carbons (Fsp3) is 0.286. The molecule has 5 nitrogen and oxygen atoms in total. The van der Waals surface area contributed by atoms with Gasteiger partial charge in [-0.2, -0.15) is 0 Å². The Hall–Kier alpha value is -1.99. The summed E-state index contributed by atoms with van der Waals surface area (Å²) in [7, 11) is 0. The second kappa shape index (κ2) is 6.19. The van der Waals surface area contributed by atoms with Crippen LogP contribution in [0, 0.1) is 15.9 Å². The van der Waals surface area contributed by atoms with Gasteiger partial charge in [0.05, 0.1) is 11.0 Å². The molecule has 0 amide bonds. The van der Waals surface area contributed by atoms with E-state index in [0.717, 1.165) is 11.3 Å². The first-order valence-corrected chi connectivity index (χ1v) is 7.25. The van der Waals surface area contributed by atoms with E-state index in [1.165, 1.54) is 18.2 Å². The lowest BCUT2D eigenvalue weighted by atomic mass is 10.2. The largest absolute Gasteiger partial charge is 0.388 e. The van der Waals surface area contributed by atoms with E-state index in [2.05, 4.69) is 0 Å². The average molecular weight is 310 g/mol. The summed E-state index contributed by atoms with van der Waals surface area (Å²) in [6.45, 7) is 3.83. The highest BCUT2D eigenvalue weighted by Crippen LogP contribution is 2.42. The van der Waals surface area contributed by atoms with E-state index in [0.29, 0.717) is 22.1 Å². The topological polar surface area (TPSA) is 66.6 Å². The van der Waals surface area contributed by atoms with E-state index in [1.54, 1.807) is 24.0 Å². The molecule has 0 fully saturated rings. The van der Waals surface area contributed by atoms with Crippen molar-refractivity contribution in [2.45, 2.75) is 20.0 Å². The van der Waals surface area contributed by atoms with Crippen LogP contribution in [-0.2, 0) is 0 Å². The fourth-order valence-electron chi connectivity index (χ4n) is 2.01. The van der Waals surface area contributed by atoms with Gasteiger partial charge in [-0.25, -0.2) is 4.39 Å². The molecular formula is C14H15FN2O3S. The molecule has 0 spiro atoms. The van der Waals surface area contributed by atoms with E-state index in [9.17, 15) is 19.6 Å². The highest BCUT2D eigenvalue weighted by molar-refractivity contribution is 7.16. The summed E-state index contributed by atoms with van der Waals surface area (Å²) >= 11 is 1.14. The summed E-state index contributed by atoms with van der Waals surface area (Å²) in [5, 5.41) is 21.2. The quantitative estimate of drug-likeness (QED) is 0.669. The van der Waals surface area contributed by atoms with Crippen molar-refractivity contribution in [1.82, 2.24) is 0 Å². The van der Waals surface area contributed by atoms with Crippen LogP contribution in [0.15, 0.2) is 30.3 Å². The Morgan fingerprint density at radius 1 is 1.48 bits per heavy atom. The fourth-order valence-corrected chi connectivity index (χ4v) is 3.15. The van der Waals surface area contributed by atoms with Gasteiger partial charge < -0.3 is 10.0 Å². The van der Waals surface area contributed by atoms with Crippen molar-refractivity contribution in [2.75, 3.05) is 11.4 Å². The average Bonchev–Trinajstić information content (AvgIpc) is 2.85. The van der Waals surface area contributed by atoms with Gasteiger partial charge in [-0.05, 0) is 32.0 Å². The molecule has 1 aromatic carbocycles. The van der Waals surface area contributed by atoms with Crippen molar-refractivity contribution in [2.24, 2.45) is 0 Å². The van der Waals surface area contributed by atoms with Crippen LogP contribution < -0.4 is 4.90 Å². The maximum atomic E-state index is 13.4. The van der Waals surface area contributed by atoms with Gasteiger partial charge in [0.2, 0.25) is 0 Å². The summed E-state index contributed by atoms with van der Waals surface area (Å²) in [5.41, 5.74) is 0.460. The van der Waals surface area contributed by atoms with Crippen LogP contribution in [0.4, 0.5) is 20.8 Å². The molecule has 0 unspecified atom stereocenters. The number of aliphatic hydroxyl groups is 1. The van der Waals surface area contributed by atoms with Crippen molar-refractivity contribution in [3.8, 4) is 0 Å². The van der Waals surface area contributed by atoms with E-state index in [1.807, 2.05) is 6.92 Å². The van der Waals surface area contributed by atoms with Crippen molar-refractivity contribution in [3.63, 3.8) is 0 Å². The molecule has 0 radical (unpaired) electrons. The van der Waals surface area contributed by atoms with Crippen LogP contribution in [0.2, 0.25) is 0 Å². The Kier molecular flexibility index (Phi) is 4.54. The maximum Gasteiger partial charge on any atom is 0.304 e. The van der Waals surface area contributed by atoms with Crippen LogP contribution in [0.3, 0.4) is 0 Å². The van der Waals surface area contributed by atoms with Gasteiger partial charge >= 0.3 is 5.69 Å². The number of hydrogen-bond donors (Lipinski definition) is 1. The van der Waals surface area contributed by atoms with Gasteiger partial charge in [-0.1, -0.05) is 6.07 Å². The van der Waals surface area contributed by atoms with Crippen molar-refractivity contribution in [3.05, 3.63) is 51.1 Å². The molecule has 2 aromatic rings. The summed E-state index contributed by atoms with van der Waals surface area (Å²) in [4.78, 5) is 12.9. The Balaban J connectivity index is 2.53. The molecule has 0 saturated carbocycles. The number of nitro groups is 1. The van der Waals surface area contributed by atoms with Crippen LogP contribution in [0.5, 0.6) is 0 Å². The normalized spacial score (nSPS) is 12.2. The van der Waals surface area contributed by atoms with Crippen molar-refractivity contribution in [1.29, 1.82) is 0 Å². The first kappa shape index (κ1) is 15.4.